The highest BCUT2D eigenvalue weighted by Gasteiger charge is 2.11. The van der Waals surface area contributed by atoms with Crippen LogP contribution >= 0.6 is 0 Å². The van der Waals surface area contributed by atoms with Gasteiger partial charge in [-0.3, -0.25) is 0 Å². The fraction of sp³-hybridized carbons (Fsp3) is 0. The molecule has 0 saturated heterocycles. The Morgan fingerprint density at radius 3 is 2.87 bits per heavy atom. The van der Waals surface area contributed by atoms with Gasteiger partial charge in [-0.1, -0.05) is 23.4 Å². The molecule has 0 amide bonds. The maximum absolute atomic E-state index is 5.68. The SMILES string of the molecule is Nc1oncc1-c1c[nH]c2ccccc12. The molecule has 0 aliphatic carbocycles. The number of fused-ring (bicyclic) bond motifs is 1. The Kier molecular flexibility index (Phi) is 1.56. The van der Waals surface area contributed by atoms with Crippen LogP contribution in [0.25, 0.3) is 22.0 Å². The molecule has 2 heterocycles. The summed E-state index contributed by atoms with van der Waals surface area (Å²) in [5, 5.41) is 4.79. The molecule has 0 bridgehead atoms. The topological polar surface area (TPSA) is 67.8 Å². The molecule has 4 nitrogen and oxygen atoms in total. The van der Waals surface area contributed by atoms with Crippen LogP contribution in [0, 0.1) is 0 Å². The normalized spacial score (nSPS) is 10.9. The van der Waals surface area contributed by atoms with Crippen LogP contribution in [0.4, 0.5) is 5.88 Å². The molecule has 0 radical (unpaired) electrons. The van der Waals surface area contributed by atoms with Gasteiger partial charge in [0.2, 0.25) is 5.88 Å². The molecule has 3 N–H and O–H groups in total. The number of H-pyrrole nitrogens is 1. The number of benzene rings is 1. The van der Waals surface area contributed by atoms with Crippen LogP contribution in [-0.4, -0.2) is 10.1 Å². The van der Waals surface area contributed by atoms with Gasteiger partial charge in [0.25, 0.3) is 0 Å². The van der Waals surface area contributed by atoms with Gasteiger partial charge in [0.15, 0.2) is 0 Å². The van der Waals surface area contributed by atoms with Crippen LogP contribution < -0.4 is 5.73 Å². The average molecular weight is 199 g/mol. The van der Waals surface area contributed by atoms with Gasteiger partial charge < -0.3 is 15.2 Å². The molecule has 0 aliphatic heterocycles. The zero-order valence-corrected chi connectivity index (χ0v) is 7.90. The minimum atomic E-state index is 0.347. The van der Waals surface area contributed by atoms with Crippen molar-refractivity contribution < 1.29 is 4.52 Å². The smallest absolute Gasteiger partial charge is 0.230 e. The van der Waals surface area contributed by atoms with Crippen molar-refractivity contribution in [1.29, 1.82) is 0 Å². The predicted octanol–water partition coefficient (Wildman–Crippen LogP) is 2.41. The van der Waals surface area contributed by atoms with Crippen molar-refractivity contribution in [2.24, 2.45) is 0 Å². The summed E-state index contributed by atoms with van der Waals surface area (Å²) in [7, 11) is 0. The summed E-state index contributed by atoms with van der Waals surface area (Å²) in [5.41, 5.74) is 8.60. The molecular formula is C11H9N3O. The summed E-state index contributed by atoms with van der Waals surface area (Å²) in [5.74, 6) is 0.347. The van der Waals surface area contributed by atoms with Crippen molar-refractivity contribution >= 4 is 16.8 Å². The van der Waals surface area contributed by atoms with E-state index in [1.807, 2.05) is 30.5 Å². The Bertz CT molecular complexity index is 609. The Labute approximate surface area is 85.7 Å². The maximum Gasteiger partial charge on any atom is 0.230 e. The molecule has 1 aromatic carbocycles. The molecular weight excluding hydrogens is 190 g/mol. The number of hydrogen-bond donors (Lipinski definition) is 2. The van der Waals surface area contributed by atoms with Gasteiger partial charge in [-0.05, 0) is 6.07 Å². The van der Waals surface area contributed by atoms with E-state index < -0.39 is 0 Å². The van der Waals surface area contributed by atoms with Crippen molar-refractivity contribution in [3.05, 3.63) is 36.7 Å². The van der Waals surface area contributed by atoms with Crippen LogP contribution in [0.5, 0.6) is 0 Å². The van der Waals surface area contributed by atoms with Crippen LogP contribution in [0.3, 0.4) is 0 Å². The molecule has 0 fully saturated rings. The van der Waals surface area contributed by atoms with E-state index in [9.17, 15) is 0 Å². The summed E-state index contributed by atoms with van der Waals surface area (Å²) in [6, 6.07) is 8.03. The molecule has 0 spiro atoms. The Morgan fingerprint density at radius 2 is 2.07 bits per heavy atom. The maximum atomic E-state index is 5.68. The third kappa shape index (κ3) is 1.11. The van der Waals surface area contributed by atoms with E-state index in [0.29, 0.717) is 5.88 Å². The molecule has 0 unspecified atom stereocenters. The zero-order chi connectivity index (χ0) is 10.3. The van der Waals surface area contributed by atoms with E-state index in [1.54, 1.807) is 6.20 Å². The zero-order valence-electron chi connectivity index (χ0n) is 7.90. The van der Waals surface area contributed by atoms with Crippen LogP contribution in [0.15, 0.2) is 41.2 Å². The predicted molar refractivity (Wildman–Crippen MR) is 58.2 cm³/mol. The quantitative estimate of drug-likeness (QED) is 0.632. The number of nitrogens with one attached hydrogen (secondary N) is 1. The monoisotopic (exact) mass is 199 g/mol. The Hall–Kier alpha value is -2.23. The van der Waals surface area contributed by atoms with Crippen LogP contribution in [0.1, 0.15) is 0 Å². The number of hydrogen-bond acceptors (Lipinski definition) is 3. The Balaban J connectivity index is 2.32. The van der Waals surface area contributed by atoms with E-state index >= 15 is 0 Å². The van der Waals surface area contributed by atoms with Crippen LogP contribution in [0.2, 0.25) is 0 Å². The number of aromatic amines is 1. The van der Waals surface area contributed by atoms with Gasteiger partial charge in [-0.15, -0.1) is 0 Å². The Morgan fingerprint density at radius 1 is 1.20 bits per heavy atom. The van der Waals surface area contributed by atoms with Gasteiger partial charge in [0, 0.05) is 22.7 Å². The number of aromatic nitrogens is 2. The van der Waals surface area contributed by atoms with Crippen molar-refractivity contribution in [2.45, 2.75) is 0 Å². The number of para-hydroxylation sites is 1. The molecule has 4 heteroatoms. The minimum absolute atomic E-state index is 0.347. The standard InChI is InChI=1S/C11H9N3O/c12-11-9(6-14-15-11)8-5-13-10-4-2-1-3-7(8)10/h1-6,13H,12H2. The largest absolute Gasteiger partial charge is 0.367 e. The first-order valence-corrected chi connectivity index (χ1v) is 4.63. The summed E-state index contributed by atoms with van der Waals surface area (Å²) >= 11 is 0. The fourth-order valence-corrected chi connectivity index (χ4v) is 1.75. The second kappa shape index (κ2) is 2.88. The second-order valence-corrected chi connectivity index (χ2v) is 3.35. The molecule has 15 heavy (non-hydrogen) atoms. The van der Waals surface area contributed by atoms with Gasteiger partial charge in [0.1, 0.15) is 0 Å². The summed E-state index contributed by atoms with van der Waals surface area (Å²) < 4.78 is 4.85. The van der Waals surface area contributed by atoms with Gasteiger partial charge in [-0.25, -0.2) is 0 Å². The van der Waals surface area contributed by atoms with Crippen LogP contribution in [-0.2, 0) is 0 Å². The van der Waals surface area contributed by atoms with E-state index in [-0.39, 0.29) is 0 Å². The lowest BCUT2D eigenvalue weighted by Gasteiger charge is -1.94. The van der Waals surface area contributed by atoms with Crippen molar-refractivity contribution in [1.82, 2.24) is 10.1 Å². The highest BCUT2D eigenvalue weighted by Crippen LogP contribution is 2.31. The molecule has 3 rings (SSSR count). The summed E-state index contributed by atoms with van der Waals surface area (Å²) in [6.07, 6.45) is 3.54. The molecule has 0 aliphatic rings. The van der Waals surface area contributed by atoms with Crippen molar-refractivity contribution in [3.8, 4) is 11.1 Å². The number of nitrogens with two attached hydrogens (primary N) is 1. The number of rotatable bonds is 1. The summed E-state index contributed by atoms with van der Waals surface area (Å²) in [4.78, 5) is 3.18. The van der Waals surface area contributed by atoms with E-state index in [2.05, 4.69) is 10.1 Å². The lowest BCUT2D eigenvalue weighted by Crippen LogP contribution is -1.83. The van der Waals surface area contributed by atoms with Gasteiger partial charge in [0.05, 0.1) is 11.8 Å². The molecule has 0 saturated carbocycles. The van der Waals surface area contributed by atoms with E-state index in [1.165, 1.54) is 0 Å². The molecule has 3 aromatic rings. The first-order valence-electron chi connectivity index (χ1n) is 4.63. The van der Waals surface area contributed by atoms with Gasteiger partial charge >= 0.3 is 0 Å². The van der Waals surface area contributed by atoms with E-state index in [4.69, 9.17) is 10.3 Å². The number of nitrogens with zero attached hydrogens (tertiary/aromatic N) is 1. The third-order valence-corrected chi connectivity index (χ3v) is 2.48. The average Bonchev–Trinajstić information content (AvgIpc) is 2.83. The fourth-order valence-electron chi connectivity index (χ4n) is 1.75. The van der Waals surface area contributed by atoms with E-state index in [0.717, 1.165) is 22.0 Å². The van der Waals surface area contributed by atoms with Gasteiger partial charge in [-0.2, -0.15) is 0 Å². The lowest BCUT2D eigenvalue weighted by atomic mass is 10.1. The number of anilines is 1. The first-order chi connectivity index (χ1) is 7.36. The first kappa shape index (κ1) is 8.11. The summed E-state index contributed by atoms with van der Waals surface area (Å²) in [6.45, 7) is 0. The lowest BCUT2D eigenvalue weighted by molar-refractivity contribution is 0.436. The highest BCUT2D eigenvalue weighted by molar-refractivity contribution is 5.97. The minimum Gasteiger partial charge on any atom is -0.367 e. The molecule has 0 atom stereocenters. The molecule has 74 valence electrons. The highest BCUT2D eigenvalue weighted by atomic mass is 16.5. The third-order valence-electron chi connectivity index (χ3n) is 2.48. The second-order valence-electron chi connectivity index (χ2n) is 3.35. The van der Waals surface area contributed by atoms with Crippen molar-refractivity contribution in [3.63, 3.8) is 0 Å². The van der Waals surface area contributed by atoms with Crippen molar-refractivity contribution in [2.75, 3.05) is 5.73 Å². The molecule has 2 aromatic heterocycles. The number of nitrogen functional groups attached to an aromatic ring is 1.